The first-order valence-corrected chi connectivity index (χ1v) is 10.6. The van der Waals surface area contributed by atoms with Gasteiger partial charge in [0.25, 0.3) is 0 Å². The molecule has 9 heteroatoms. The standard InChI is InChI=1S/C16H23BrN4O3S/c1-21(25(23,24)13-7-5-12(17)6-8-13)10-15(22)19-14-4-2-3-11-9-18-20-16(11)14/h5-8,11,14,16,18,20H,2-4,9-10H2,1H3,(H,19,22). The van der Waals surface area contributed by atoms with Crippen molar-refractivity contribution >= 4 is 31.9 Å². The number of fused-ring (bicyclic) bond motifs is 1. The van der Waals surface area contributed by atoms with Gasteiger partial charge in [0.1, 0.15) is 0 Å². The van der Waals surface area contributed by atoms with Crippen molar-refractivity contribution in [2.75, 3.05) is 20.1 Å². The number of halogens is 1. The topological polar surface area (TPSA) is 90.5 Å². The molecule has 0 bridgehead atoms. The molecular formula is C16H23BrN4O3S. The highest BCUT2D eigenvalue weighted by Crippen LogP contribution is 2.26. The average Bonchev–Trinajstić information content (AvgIpc) is 3.05. The monoisotopic (exact) mass is 430 g/mol. The Labute approximate surface area is 156 Å². The van der Waals surface area contributed by atoms with Crippen molar-refractivity contribution in [1.82, 2.24) is 20.5 Å². The van der Waals surface area contributed by atoms with Crippen molar-refractivity contribution in [1.29, 1.82) is 0 Å². The Hall–Kier alpha value is -1.00. The molecule has 1 aliphatic heterocycles. The van der Waals surface area contributed by atoms with E-state index < -0.39 is 10.0 Å². The lowest BCUT2D eigenvalue weighted by Crippen LogP contribution is -2.54. The van der Waals surface area contributed by atoms with Gasteiger partial charge >= 0.3 is 0 Å². The van der Waals surface area contributed by atoms with Gasteiger partial charge < -0.3 is 5.32 Å². The summed E-state index contributed by atoms with van der Waals surface area (Å²) in [5, 5.41) is 3.00. The van der Waals surface area contributed by atoms with Gasteiger partial charge in [-0.1, -0.05) is 22.4 Å². The molecule has 3 N–H and O–H groups in total. The molecule has 1 amide bonds. The fraction of sp³-hybridized carbons (Fsp3) is 0.562. The number of hydrazine groups is 1. The van der Waals surface area contributed by atoms with Crippen molar-refractivity contribution in [3.05, 3.63) is 28.7 Å². The molecule has 7 nitrogen and oxygen atoms in total. The molecule has 3 atom stereocenters. The van der Waals surface area contributed by atoms with Crippen LogP contribution in [-0.4, -0.2) is 50.9 Å². The lowest BCUT2D eigenvalue weighted by Gasteiger charge is -2.33. The number of benzene rings is 1. The van der Waals surface area contributed by atoms with Crippen molar-refractivity contribution in [3.63, 3.8) is 0 Å². The van der Waals surface area contributed by atoms with Gasteiger partial charge in [0.2, 0.25) is 15.9 Å². The number of hydrogen-bond acceptors (Lipinski definition) is 5. The van der Waals surface area contributed by atoms with Crippen LogP contribution in [0.4, 0.5) is 0 Å². The zero-order valence-corrected chi connectivity index (χ0v) is 16.4. The van der Waals surface area contributed by atoms with Gasteiger partial charge in [0.05, 0.1) is 11.4 Å². The van der Waals surface area contributed by atoms with Crippen LogP contribution in [0.15, 0.2) is 33.6 Å². The molecule has 0 spiro atoms. The number of rotatable bonds is 5. The lowest BCUT2D eigenvalue weighted by molar-refractivity contribution is -0.122. The van der Waals surface area contributed by atoms with Gasteiger partial charge in [-0.25, -0.2) is 8.42 Å². The third-order valence-corrected chi connectivity index (χ3v) is 7.25. The molecule has 1 aromatic carbocycles. The summed E-state index contributed by atoms with van der Waals surface area (Å²) >= 11 is 3.28. The second-order valence-corrected chi connectivity index (χ2v) is 9.59. The fourth-order valence-electron chi connectivity index (χ4n) is 3.53. The third kappa shape index (κ3) is 4.22. The molecule has 138 valence electrons. The number of carbonyl (C=O) groups excluding carboxylic acids is 1. The van der Waals surface area contributed by atoms with Crippen LogP contribution < -0.4 is 16.2 Å². The first-order chi connectivity index (χ1) is 11.9. The second-order valence-electron chi connectivity index (χ2n) is 6.63. The first kappa shape index (κ1) is 18.8. The Morgan fingerprint density at radius 3 is 2.76 bits per heavy atom. The predicted molar refractivity (Wildman–Crippen MR) is 98.2 cm³/mol. The maximum absolute atomic E-state index is 12.6. The first-order valence-electron chi connectivity index (χ1n) is 8.37. The summed E-state index contributed by atoms with van der Waals surface area (Å²) in [4.78, 5) is 12.5. The van der Waals surface area contributed by atoms with Gasteiger partial charge in [-0.3, -0.25) is 15.6 Å². The Balaban J connectivity index is 1.61. The number of likely N-dealkylation sites (N-methyl/N-ethyl adjacent to an activating group) is 1. The highest BCUT2D eigenvalue weighted by molar-refractivity contribution is 9.10. The summed E-state index contributed by atoms with van der Waals surface area (Å²) in [5.41, 5.74) is 6.37. The molecule has 1 heterocycles. The highest BCUT2D eigenvalue weighted by atomic mass is 79.9. The zero-order chi connectivity index (χ0) is 18.0. The minimum absolute atomic E-state index is 0.0324. The molecule has 0 radical (unpaired) electrons. The number of sulfonamides is 1. The molecular weight excluding hydrogens is 408 g/mol. The van der Waals surface area contributed by atoms with Crippen molar-refractivity contribution in [2.24, 2.45) is 5.92 Å². The lowest BCUT2D eigenvalue weighted by atomic mass is 9.82. The van der Waals surface area contributed by atoms with Gasteiger partial charge in [0.15, 0.2) is 0 Å². The van der Waals surface area contributed by atoms with Crippen LogP contribution >= 0.6 is 15.9 Å². The smallest absolute Gasteiger partial charge is 0.243 e. The summed E-state index contributed by atoms with van der Waals surface area (Å²) < 4.78 is 27.0. The van der Waals surface area contributed by atoms with E-state index in [9.17, 15) is 13.2 Å². The SMILES string of the molecule is CN(CC(=O)NC1CCCC2CNNC21)S(=O)(=O)c1ccc(Br)cc1. The van der Waals surface area contributed by atoms with Crippen LogP contribution in [0.25, 0.3) is 0 Å². The fourth-order valence-corrected chi connectivity index (χ4v) is 4.92. The highest BCUT2D eigenvalue weighted by Gasteiger charge is 2.37. The van der Waals surface area contributed by atoms with E-state index in [0.717, 1.165) is 34.6 Å². The van der Waals surface area contributed by atoms with E-state index in [2.05, 4.69) is 32.1 Å². The van der Waals surface area contributed by atoms with Gasteiger partial charge in [0, 0.05) is 30.1 Å². The quantitative estimate of drug-likeness (QED) is 0.643. The average molecular weight is 431 g/mol. The number of nitrogens with zero attached hydrogens (tertiary/aromatic N) is 1. The predicted octanol–water partition coefficient (Wildman–Crippen LogP) is 0.831. The van der Waals surface area contributed by atoms with E-state index >= 15 is 0 Å². The molecule has 2 aliphatic rings. The summed E-state index contributed by atoms with van der Waals surface area (Å²) in [7, 11) is -2.26. The van der Waals surface area contributed by atoms with E-state index in [4.69, 9.17) is 0 Å². The van der Waals surface area contributed by atoms with Crippen LogP contribution in [0.1, 0.15) is 19.3 Å². The van der Waals surface area contributed by atoms with E-state index in [1.54, 1.807) is 12.1 Å². The largest absolute Gasteiger partial charge is 0.351 e. The molecule has 3 unspecified atom stereocenters. The molecule has 2 fully saturated rings. The summed E-state index contributed by atoms with van der Waals surface area (Å²) in [5.74, 6) is 0.241. The Bertz CT molecular complexity index is 725. The Kier molecular flexibility index (Phi) is 5.79. The van der Waals surface area contributed by atoms with Crippen LogP contribution in [-0.2, 0) is 14.8 Å². The minimum atomic E-state index is -3.69. The Morgan fingerprint density at radius 1 is 1.32 bits per heavy atom. The van der Waals surface area contributed by atoms with E-state index in [-0.39, 0.29) is 29.4 Å². The maximum atomic E-state index is 12.6. The van der Waals surface area contributed by atoms with Gasteiger partial charge in [-0.15, -0.1) is 0 Å². The molecule has 25 heavy (non-hydrogen) atoms. The molecule has 1 saturated heterocycles. The normalized spacial score (nSPS) is 26.4. The third-order valence-electron chi connectivity index (χ3n) is 4.90. The van der Waals surface area contributed by atoms with Crippen molar-refractivity contribution in [3.8, 4) is 0 Å². The molecule has 3 rings (SSSR count). The molecule has 1 aliphatic carbocycles. The van der Waals surface area contributed by atoms with E-state index in [0.29, 0.717) is 5.92 Å². The van der Waals surface area contributed by atoms with E-state index in [1.165, 1.54) is 19.2 Å². The van der Waals surface area contributed by atoms with Crippen LogP contribution in [0.5, 0.6) is 0 Å². The number of carbonyl (C=O) groups is 1. The molecule has 1 aromatic rings. The molecule has 1 saturated carbocycles. The number of hydrogen-bond donors (Lipinski definition) is 3. The van der Waals surface area contributed by atoms with Crippen LogP contribution in [0.3, 0.4) is 0 Å². The Morgan fingerprint density at radius 2 is 2.04 bits per heavy atom. The van der Waals surface area contributed by atoms with Gasteiger partial charge in [-0.2, -0.15) is 4.31 Å². The summed E-state index contributed by atoms with van der Waals surface area (Å²) in [6.07, 6.45) is 3.13. The second kappa shape index (κ2) is 7.71. The van der Waals surface area contributed by atoms with Crippen LogP contribution in [0, 0.1) is 5.92 Å². The summed E-state index contributed by atoms with van der Waals surface area (Å²) in [6, 6.07) is 6.63. The van der Waals surface area contributed by atoms with Crippen molar-refractivity contribution in [2.45, 2.75) is 36.2 Å². The maximum Gasteiger partial charge on any atom is 0.243 e. The summed E-state index contributed by atoms with van der Waals surface area (Å²) in [6.45, 7) is 0.717. The van der Waals surface area contributed by atoms with Gasteiger partial charge in [-0.05, 0) is 43.0 Å². The van der Waals surface area contributed by atoms with E-state index in [1.807, 2.05) is 0 Å². The minimum Gasteiger partial charge on any atom is -0.351 e. The number of amides is 1. The zero-order valence-electron chi connectivity index (χ0n) is 14.0. The number of nitrogens with one attached hydrogen (secondary N) is 3. The molecule has 0 aromatic heterocycles. The van der Waals surface area contributed by atoms with Crippen molar-refractivity contribution < 1.29 is 13.2 Å². The van der Waals surface area contributed by atoms with Crippen LogP contribution in [0.2, 0.25) is 0 Å².